The summed E-state index contributed by atoms with van der Waals surface area (Å²) in [5, 5.41) is 20.7. The average molecular weight is 358 g/mol. The molecule has 1 N–H and O–H groups in total. The highest BCUT2D eigenvalue weighted by molar-refractivity contribution is 5.96. The molecule has 1 aliphatic rings. The summed E-state index contributed by atoms with van der Waals surface area (Å²) < 4.78 is 1.50. The predicted molar refractivity (Wildman–Crippen MR) is 91.1 cm³/mol. The summed E-state index contributed by atoms with van der Waals surface area (Å²) in [5.41, 5.74) is 0.255. The number of likely N-dealkylation sites (tertiary alicyclic amines) is 1. The van der Waals surface area contributed by atoms with Gasteiger partial charge >= 0.3 is 5.97 Å². The quantitative estimate of drug-likeness (QED) is 0.660. The summed E-state index contributed by atoms with van der Waals surface area (Å²) in [6, 6.07) is 3.77. The summed E-state index contributed by atoms with van der Waals surface area (Å²) in [5.74, 6) is -1.96. The first-order chi connectivity index (χ1) is 12.4. The molecule has 2 heterocycles. The van der Waals surface area contributed by atoms with Crippen LogP contribution in [0.2, 0.25) is 0 Å². The van der Waals surface area contributed by atoms with Gasteiger partial charge in [0.15, 0.2) is 0 Å². The molecule has 1 saturated heterocycles. The number of nitro benzene ring substituents is 1. The molecule has 1 amide bonds. The van der Waals surface area contributed by atoms with E-state index in [1.165, 1.54) is 40.2 Å². The number of carbonyl (C=O) groups excluding carboxylic acids is 1. The van der Waals surface area contributed by atoms with Gasteiger partial charge in [0.25, 0.3) is 11.6 Å². The highest BCUT2D eigenvalue weighted by atomic mass is 16.6. The highest BCUT2D eigenvalue weighted by Gasteiger charge is 2.36. The Kier molecular flexibility index (Phi) is 4.70. The summed E-state index contributed by atoms with van der Waals surface area (Å²) in [6.07, 6.45) is 5.62. The predicted octanol–water partition coefficient (Wildman–Crippen LogP) is 2.11. The lowest BCUT2D eigenvalue weighted by atomic mass is 9.90. The van der Waals surface area contributed by atoms with Gasteiger partial charge in [-0.1, -0.05) is 0 Å². The van der Waals surface area contributed by atoms with Crippen molar-refractivity contribution in [3.05, 3.63) is 52.6 Å². The molecule has 9 heteroatoms. The number of amides is 1. The monoisotopic (exact) mass is 358 g/mol. The Morgan fingerprint density at radius 2 is 2.15 bits per heavy atom. The Labute approximate surface area is 149 Å². The molecular formula is C17H18N4O5. The lowest BCUT2D eigenvalue weighted by Gasteiger charge is -2.37. The number of piperidine rings is 1. The lowest BCUT2D eigenvalue weighted by molar-refractivity contribution is -0.384. The van der Waals surface area contributed by atoms with E-state index in [1.807, 2.05) is 0 Å². The molecule has 0 bridgehead atoms. The van der Waals surface area contributed by atoms with Gasteiger partial charge < -0.3 is 14.6 Å². The van der Waals surface area contributed by atoms with Crippen molar-refractivity contribution in [2.45, 2.75) is 25.8 Å². The van der Waals surface area contributed by atoms with Crippen LogP contribution in [0, 0.1) is 16.0 Å². The minimum Gasteiger partial charge on any atom is -0.481 e. The zero-order chi connectivity index (χ0) is 18.8. The van der Waals surface area contributed by atoms with Crippen molar-refractivity contribution < 1.29 is 19.6 Å². The molecule has 1 aromatic heterocycles. The SMILES string of the molecule is C[C@@H]1[C@H](C(=O)O)CCCN1C(=O)c1ccc(-n2ccnc2)c([N+](=O)[O-])c1. The van der Waals surface area contributed by atoms with Crippen LogP contribution in [0.1, 0.15) is 30.1 Å². The molecule has 0 unspecified atom stereocenters. The first kappa shape index (κ1) is 17.6. The number of aliphatic carboxylic acids is 1. The molecule has 26 heavy (non-hydrogen) atoms. The fourth-order valence-corrected chi connectivity index (χ4v) is 3.35. The maximum Gasteiger partial charge on any atom is 0.308 e. The van der Waals surface area contributed by atoms with Gasteiger partial charge in [0.2, 0.25) is 0 Å². The van der Waals surface area contributed by atoms with Crippen molar-refractivity contribution in [1.82, 2.24) is 14.5 Å². The number of nitrogens with zero attached hydrogens (tertiary/aromatic N) is 4. The largest absolute Gasteiger partial charge is 0.481 e. The van der Waals surface area contributed by atoms with Crippen molar-refractivity contribution >= 4 is 17.6 Å². The van der Waals surface area contributed by atoms with Gasteiger partial charge in [-0.05, 0) is 31.9 Å². The maximum absolute atomic E-state index is 12.8. The standard InChI is InChI=1S/C17H18N4O5/c1-11-13(17(23)24)3-2-7-20(11)16(22)12-4-5-14(15(9-12)21(25)26)19-8-6-18-10-19/h4-6,8-11,13H,2-3,7H2,1H3,(H,23,24)/t11-,13-/m1/s1. The average Bonchev–Trinajstić information content (AvgIpc) is 3.15. The van der Waals surface area contributed by atoms with E-state index in [4.69, 9.17) is 0 Å². The molecular weight excluding hydrogens is 340 g/mol. The van der Waals surface area contributed by atoms with E-state index < -0.39 is 28.8 Å². The minimum absolute atomic E-state index is 0.165. The van der Waals surface area contributed by atoms with Gasteiger partial charge in [-0.15, -0.1) is 0 Å². The zero-order valence-electron chi connectivity index (χ0n) is 14.1. The minimum atomic E-state index is -0.934. The molecule has 0 spiro atoms. The van der Waals surface area contributed by atoms with E-state index in [9.17, 15) is 24.8 Å². The van der Waals surface area contributed by atoms with E-state index >= 15 is 0 Å². The molecule has 2 aromatic rings. The van der Waals surface area contributed by atoms with E-state index in [1.54, 1.807) is 13.1 Å². The Morgan fingerprint density at radius 3 is 2.77 bits per heavy atom. The van der Waals surface area contributed by atoms with Crippen molar-refractivity contribution in [3.63, 3.8) is 0 Å². The van der Waals surface area contributed by atoms with Crippen LogP contribution in [0.15, 0.2) is 36.9 Å². The summed E-state index contributed by atoms with van der Waals surface area (Å²) in [4.78, 5) is 40.4. The molecule has 1 aromatic carbocycles. The maximum atomic E-state index is 12.8. The molecule has 0 aliphatic carbocycles. The number of carboxylic acids is 1. The number of carboxylic acid groups (broad SMARTS) is 1. The first-order valence-corrected chi connectivity index (χ1v) is 8.20. The van der Waals surface area contributed by atoms with Gasteiger partial charge in [0.05, 0.1) is 17.2 Å². The smallest absolute Gasteiger partial charge is 0.308 e. The molecule has 2 atom stereocenters. The van der Waals surface area contributed by atoms with Crippen LogP contribution in [0.4, 0.5) is 5.69 Å². The van der Waals surface area contributed by atoms with Crippen LogP contribution >= 0.6 is 0 Å². The Balaban J connectivity index is 1.94. The Hall–Kier alpha value is -3.23. The number of rotatable bonds is 4. The molecule has 9 nitrogen and oxygen atoms in total. The van der Waals surface area contributed by atoms with Crippen LogP contribution in [0.25, 0.3) is 5.69 Å². The third-order valence-corrected chi connectivity index (χ3v) is 4.77. The second-order valence-corrected chi connectivity index (χ2v) is 6.26. The van der Waals surface area contributed by atoms with E-state index in [-0.39, 0.29) is 11.3 Å². The topological polar surface area (TPSA) is 119 Å². The molecule has 1 aliphatic heterocycles. The first-order valence-electron chi connectivity index (χ1n) is 8.20. The molecule has 3 rings (SSSR count). The van der Waals surface area contributed by atoms with Gasteiger partial charge in [-0.25, -0.2) is 4.98 Å². The molecule has 1 fully saturated rings. The van der Waals surface area contributed by atoms with Gasteiger partial charge in [0.1, 0.15) is 5.69 Å². The van der Waals surface area contributed by atoms with Crippen molar-refractivity contribution in [2.24, 2.45) is 5.92 Å². The van der Waals surface area contributed by atoms with Crippen molar-refractivity contribution in [3.8, 4) is 5.69 Å². The van der Waals surface area contributed by atoms with Crippen molar-refractivity contribution in [1.29, 1.82) is 0 Å². The third kappa shape index (κ3) is 3.15. The van der Waals surface area contributed by atoms with E-state index in [0.29, 0.717) is 25.1 Å². The van der Waals surface area contributed by atoms with Crippen molar-refractivity contribution in [2.75, 3.05) is 6.54 Å². The van der Waals surface area contributed by atoms with Gasteiger partial charge in [0, 0.05) is 36.6 Å². The van der Waals surface area contributed by atoms with Crippen LogP contribution < -0.4 is 0 Å². The van der Waals surface area contributed by atoms with Gasteiger partial charge in [-0.3, -0.25) is 19.7 Å². The van der Waals surface area contributed by atoms with Crippen LogP contribution in [-0.2, 0) is 4.79 Å². The number of imidazole rings is 1. The number of hydrogen-bond acceptors (Lipinski definition) is 5. The second-order valence-electron chi connectivity index (χ2n) is 6.26. The molecule has 0 saturated carbocycles. The number of hydrogen-bond donors (Lipinski definition) is 1. The van der Waals surface area contributed by atoms with E-state index in [0.717, 1.165) is 0 Å². The number of nitro groups is 1. The fraction of sp³-hybridized carbons (Fsp3) is 0.353. The lowest BCUT2D eigenvalue weighted by Crippen LogP contribution is -2.49. The highest BCUT2D eigenvalue weighted by Crippen LogP contribution is 2.28. The van der Waals surface area contributed by atoms with Crippen LogP contribution in [-0.4, -0.2) is 48.9 Å². The van der Waals surface area contributed by atoms with Crippen LogP contribution in [0.3, 0.4) is 0 Å². The second kappa shape index (κ2) is 6.95. The third-order valence-electron chi connectivity index (χ3n) is 4.77. The fourth-order valence-electron chi connectivity index (χ4n) is 3.35. The summed E-state index contributed by atoms with van der Waals surface area (Å²) >= 11 is 0. The summed E-state index contributed by atoms with van der Waals surface area (Å²) in [6.45, 7) is 2.13. The Morgan fingerprint density at radius 1 is 1.38 bits per heavy atom. The zero-order valence-corrected chi connectivity index (χ0v) is 14.1. The normalized spacial score (nSPS) is 20.0. The molecule has 136 valence electrons. The number of benzene rings is 1. The van der Waals surface area contributed by atoms with Gasteiger partial charge in [-0.2, -0.15) is 0 Å². The number of aromatic nitrogens is 2. The number of carbonyl (C=O) groups is 2. The summed E-state index contributed by atoms with van der Waals surface area (Å²) in [7, 11) is 0. The van der Waals surface area contributed by atoms with E-state index in [2.05, 4.69) is 4.98 Å². The Bertz CT molecular complexity index is 849. The molecule has 0 radical (unpaired) electrons. The van der Waals surface area contributed by atoms with Crippen LogP contribution in [0.5, 0.6) is 0 Å².